The molecule has 1 unspecified atom stereocenters. The molecule has 0 aliphatic carbocycles. The third kappa shape index (κ3) is 4.78. The second kappa shape index (κ2) is 8.79. The van der Waals surface area contributed by atoms with Crippen LogP contribution < -0.4 is 0 Å². The molecule has 7 heteroatoms. The molecule has 4 rings (SSSR count). The Hall–Kier alpha value is -1.99. The smallest absolute Gasteiger partial charge is 0.255 e. The normalized spacial score (nSPS) is 24.1. The van der Waals surface area contributed by atoms with E-state index in [0.717, 1.165) is 57.3 Å². The van der Waals surface area contributed by atoms with E-state index >= 15 is 0 Å². The summed E-state index contributed by atoms with van der Waals surface area (Å²) in [5, 5.41) is 0. The van der Waals surface area contributed by atoms with Gasteiger partial charge in [-0.3, -0.25) is 14.6 Å². The van der Waals surface area contributed by atoms with E-state index in [0.29, 0.717) is 25.3 Å². The molecule has 1 atom stereocenters. The van der Waals surface area contributed by atoms with E-state index < -0.39 is 0 Å². The van der Waals surface area contributed by atoms with Gasteiger partial charge in [-0.25, -0.2) is 0 Å². The van der Waals surface area contributed by atoms with E-state index in [9.17, 15) is 9.59 Å². The van der Waals surface area contributed by atoms with Crippen LogP contribution in [0.4, 0.5) is 0 Å². The summed E-state index contributed by atoms with van der Waals surface area (Å²) in [6.07, 6.45) is 7.14. The number of piperidine rings is 1. The fourth-order valence-corrected chi connectivity index (χ4v) is 4.61. The second-order valence-electron chi connectivity index (χ2n) is 8.53. The summed E-state index contributed by atoms with van der Waals surface area (Å²) < 4.78 is 12.1. The van der Waals surface area contributed by atoms with Crippen molar-refractivity contribution in [2.75, 3.05) is 39.4 Å². The zero-order chi connectivity index (χ0) is 20.3. The van der Waals surface area contributed by atoms with Crippen LogP contribution in [0.2, 0.25) is 0 Å². The Morgan fingerprint density at radius 3 is 2.62 bits per heavy atom. The van der Waals surface area contributed by atoms with E-state index in [-0.39, 0.29) is 30.1 Å². The van der Waals surface area contributed by atoms with Gasteiger partial charge in [0.25, 0.3) is 5.91 Å². The average molecular weight is 402 g/mol. The summed E-state index contributed by atoms with van der Waals surface area (Å²) in [4.78, 5) is 33.0. The lowest BCUT2D eigenvalue weighted by atomic mass is 9.83. The van der Waals surface area contributed by atoms with Crippen LogP contribution in [0.3, 0.4) is 0 Å². The number of nitrogens with zero attached hydrogens (tertiary/aromatic N) is 3. The number of ether oxygens (including phenoxy) is 2. The Balaban J connectivity index is 1.27. The van der Waals surface area contributed by atoms with Gasteiger partial charge in [0.05, 0.1) is 17.3 Å². The number of aryl methyl sites for hydroxylation is 1. The van der Waals surface area contributed by atoms with Gasteiger partial charge in [-0.1, -0.05) is 0 Å². The molecule has 3 saturated heterocycles. The minimum absolute atomic E-state index is 0.0344. The average Bonchev–Trinajstić information content (AvgIpc) is 3.28. The zero-order valence-corrected chi connectivity index (χ0v) is 17.3. The van der Waals surface area contributed by atoms with Gasteiger partial charge in [-0.15, -0.1) is 0 Å². The fraction of sp³-hybridized carbons (Fsp3) is 0.682. The predicted octanol–water partition coefficient (Wildman–Crippen LogP) is 2.18. The maximum atomic E-state index is 12.7. The van der Waals surface area contributed by atoms with Crippen LogP contribution >= 0.6 is 0 Å². The molecule has 0 radical (unpaired) electrons. The van der Waals surface area contributed by atoms with E-state index in [1.807, 2.05) is 28.9 Å². The summed E-state index contributed by atoms with van der Waals surface area (Å²) >= 11 is 0. The molecule has 7 nitrogen and oxygen atoms in total. The number of carbonyl (C=O) groups is 2. The van der Waals surface area contributed by atoms with E-state index in [4.69, 9.17) is 9.47 Å². The summed E-state index contributed by atoms with van der Waals surface area (Å²) in [5.41, 5.74) is 1.31. The van der Waals surface area contributed by atoms with Gasteiger partial charge >= 0.3 is 0 Å². The van der Waals surface area contributed by atoms with Gasteiger partial charge in [0.1, 0.15) is 6.61 Å². The zero-order valence-electron chi connectivity index (χ0n) is 17.3. The fourth-order valence-electron chi connectivity index (χ4n) is 4.61. The van der Waals surface area contributed by atoms with Gasteiger partial charge in [0.2, 0.25) is 5.91 Å². The van der Waals surface area contributed by atoms with Crippen LogP contribution in [0.1, 0.15) is 54.6 Å². The highest BCUT2D eigenvalue weighted by Gasteiger charge is 2.41. The van der Waals surface area contributed by atoms with Crippen LogP contribution in [0.15, 0.2) is 18.3 Å². The van der Waals surface area contributed by atoms with Crippen molar-refractivity contribution in [1.29, 1.82) is 0 Å². The Kier molecular flexibility index (Phi) is 6.15. The summed E-state index contributed by atoms with van der Waals surface area (Å²) in [7, 11) is 0. The molecule has 3 fully saturated rings. The van der Waals surface area contributed by atoms with E-state index in [1.165, 1.54) is 0 Å². The number of hydrogen-bond acceptors (Lipinski definition) is 5. The van der Waals surface area contributed by atoms with Crippen molar-refractivity contribution in [3.05, 3.63) is 29.6 Å². The van der Waals surface area contributed by atoms with E-state index in [2.05, 4.69) is 4.98 Å². The van der Waals surface area contributed by atoms with Crippen molar-refractivity contribution in [3.63, 3.8) is 0 Å². The summed E-state index contributed by atoms with van der Waals surface area (Å²) in [5.74, 6) is 0.141. The Morgan fingerprint density at radius 2 is 1.93 bits per heavy atom. The predicted molar refractivity (Wildman–Crippen MR) is 108 cm³/mol. The number of rotatable bonds is 4. The van der Waals surface area contributed by atoms with Crippen molar-refractivity contribution in [2.24, 2.45) is 0 Å². The van der Waals surface area contributed by atoms with Gasteiger partial charge in [-0.2, -0.15) is 0 Å². The largest absolute Gasteiger partial charge is 0.375 e. The molecule has 0 bridgehead atoms. The van der Waals surface area contributed by atoms with Gasteiger partial charge in [-0.05, 0) is 51.2 Å². The maximum Gasteiger partial charge on any atom is 0.255 e. The number of hydrogen-bond donors (Lipinski definition) is 0. The molecule has 3 aliphatic rings. The Labute approximate surface area is 172 Å². The maximum absolute atomic E-state index is 12.7. The molecule has 0 N–H and O–H groups in total. The van der Waals surface area contributed by atoms with Crippen molar-refractivity contribution >= 4 is 11.8 Å². The molecule has 0 saturated carbocycles. The SMILES string of the molecule is Cc1ccc(C(=O)N2CCC3(CC2)CC(OCC(=O)N2CCCC2)CCO3)cn1. The van der Waals surface area contributed by atoms with Crippen LogP contribution in [0, 0.1) is 6.92 Å². The first kappa shape index (κ1) is 20.3. The highest BCUT2D eigenvalue weighted by molar-refractivity contribution is 5.94. The van der Waals surface area contributed by atoms with Crippen LogP contribution in [0.5, 0.6) is 0 Å². The van der Waals surface area contributed by atoms with Crippen LogP contribution in [-0.4, -0.2) is 77.7 Å². The molecular formula is C22H31N3O4. The monoisotopic (exact) mass is 401 g/mol. The van der Waals surface area contributed by atoms with Crippen molar-refractivity contribution in [1.82, 2.24) is 14.8 Å². The Morgan fingerprint density at radius 1 is 1.17 bits per heavy atom. The first-order valence-corrected chi connectivity index (χ1v) is 10.8. The summed E-state index contributed by atoms with van der Waals surface area (Å²) in [6.45, 7) is 5.81. The topological polar surface area (TPSA) is 72.0 Å². The lowest BCUT2D eigenvalue weighted by molar-refractivity contribution is -0.161. The van der Waals surface area contributed by atoms with Crippen molar-refractivity contribution < 1.29 is 19.1 Å². The van der Waals surface area contributed by atoms with Crippen LogP contribution in [-0.2, 0) is 14.3 Å². The van der Waals surface area contributed by atoms with Gasteiger partial charge < -0.3 is 19.3 Å². The molecule has 0 aromatic carbocycles. The highest BCUT2D eigenvalue weighted by Crippen LogP contribution is 2.36. The van der Waals surface area contributed by atoms with E-state index in [1.54, 1.807) is 6.20 Å². The third-order valence-electron chi connectivity index (χ3n) is 6.47. The molecular weight excluding hydrogens is 370 g/mol. The molecule has 1 aromatic rings. The number of pyridine rings is 1. The quantitative estimate of drug-likeness (QED) is 0.773. The van der Waals surface area contributed by atoms with Gasteiger partial charge in [0, 0.05) is 51.1 Å². The number of amides is 2. The van der Waals surface area contributed by atoms with Crippen molar-refractivity contribution in [3.8, 4) is 0 Å². The molecule has 4 heterocycles. The van der Waals surface area contributed by atoms with Crippen molar-refractivity contribution in [2.45, 2.75) is 57.2 Å². The number of aromatic nitrogens is 1. The molecule has 2 amide bonds. The minimum atomic E-state index is -0.234. The number of likely N-dealkylation sites (tertiary alicyclic amines) is 2. The first-order valence-electron chi connectivity index (χ1n) is 10.8. The highest BCUT2D eigenvalue weighted by atomic mass is 16.5. The molecule has 3 aliphatic heterocycles. The molecule has 29 heavy (non-hydrogen) atoms. The second-order valence-corrected chi connectivity index (χ2v) is 8.53. The molecule has 1 aromatic heterocycles. The molecule has 158 valence electrons. The molecule has 1 spiro atoms. The van der Waals surface area contributed by atoms with Crippen LogP contribution in [0.25, 0.3) is 0 Å². The standard InChI is InChI=1S/C22H31N3O4/c1-17-4-5-18(15-23-17)21(27)25-11-7-22(8-12-25)14-19(6-13-29-22)28-16-20(26)24-9-2-3-10-24/h4-5,15,19H,2-3,6-14,16H2,1H3. The third-order valence-corrected chi connectivity index (χ3v) is 6.47. The lowest BCUT2D eigenvalue weighted by Crippen LogP contribution is -2.52. The summed E-state index contributed by atoms with van der Waals surface area (Å²) in [6, 6.07) is 3.71. The first-order chi connectivity index (χ1) is 14.0. The van der Waals surface area contributed by atoms with Gasteiger partial charge in [0.15, 0.2) is 0 Å². The Bertz CT molecular complexity index is 722. The number of carbonyl (C=O) groups excluding carboxylic acids is 2. The minimum Gasteiger partial charge on any atom is -0.375 e. The lowest BCUT2D eigenvalue weighted by Gasteiger charge is -2.46.